The molecule has 6 rings (SSSR count). The summed E-state index contributed by atoms with van der Waals surface area (Å²) in [6, 6.07) is 15.6. The molecule has 1 unspecified atom stereocenters. The van der Waals surface area contributed by atoms with Crippen LogP contribution in [0, 0.1) is 0 Å². The van der Waals surface area contributed by atoms with Crippen LogP contribution in [0.25, 0.3) is 10.8 Å². The topological polar surface area (TPSA) is 147 Å². The van der Waals surface area contributed by atoms with Gasteiger partial charge in [0.15, 0.2) is 0 Å². The predicted octanol–water partition coefficient (Wildman–Crippen LogP) is 1.84. The largest absolute Gasteiger partial charge is 0.433 e. The number of rotatable bonds is 7. The molecule has 12 nitrogen and oxygen atoms in total. The fourth-order valence-electron chi connectivity index (χ4n) is 5.77. The van der Waals surface area contributed by atoms with Gasteiger partial charge in [-0.15, -0.1) is 0 Å². The second kappa shape index (κ2) is 12.2. The van der Waals surface area contributed by atoms with E-state index in [9.17, 15) is 24.0 Å². The van der Waals surface area contributed by atoms with Crippen molar-refractivity contribution in [2.45, 2.75) is 63.1 Å². The molecule has 222 valence electrons. The van der Waals surface area contributed by atoms with Crippen LogP contribution in [0.5, 0.6) is 0 Å². The van der Waals surface area contributed by atoms with Crippen molar-refractivity contribution in [1.29, 1.82) is 0 Å². The highest BCUT2D eigenvalue weighted by Crippen LogP contribution is 2.27. The van der Waals surface area contributed by atoms with Crippen molar-refractivity contribution >= 4 is 40.4 Å². The van der Waals surface area contributed by atoms with Gasteiger partial charge in [0.05, 0.1) is 13.0 Å². The molecule has 0 aliphatic carbocycles. The fourth-order valence-corrected chi connectivity index (χ4v) is 5.77. The van der Waals surface area contributed by atoms with Gasteiger partial charge in [0.25, 0.3) is 11.8 Å². The summed E-state index contributed by atoms with van der Waals surface area (Å²) in [4.78, 5) is 70.3. The third-order valence-corrected chi connectivity index (χ3v) is 7.91. The van der Waals surface area contributed by atoms with Gasteiger partial charge in [-0.25, -0.2) is 5.01 Å². The molecular weight excluding hydrogens is 554 g/mol. The number of amides is 4. The number of aromatic nitrogens is 1. The number of hydrogen-bond acceptors (Lipinski definition) is 8. The van der Waals surface area contributed by atoms with E-state index in [2.05, 4.69) is 15.6 Å². The number of ether oxygens (including phenoxy) is 2. The number of fused-ring (bicyclic) bond motifs is 2. The Bertz CT molecular complexity index is 1560. The third kappa shape index (κ3) is 5.91. The minimum Gasteiger partial charge on any atom is -0.433 e. The SMILES string of the molecule is O=C1C[C@H](NC(=O)[C@@H]2CCCN3C(=O)CC[C@H](NC(=O)c4nccc5ccccc45)C(=O)N23)C(OCc2ccccc2)O1. The van der Waals surface area contributed by atoms with Crippen LogP contribution in [0.3, 0.4) is 0 Å². The van der Waals surface area contributed by atoms with Gasteiger partial charge in [-0.3, -0.25) is 34.0 Å². The van der Waals surface area contributed by atoms with Crippen LogP contribution in [0.1, 0.15) is 48.2 Å². The summed E-state index contributed by atoms with van der Waals surface area (Å²) in [5.41, 5.74) is 1.04. The predicted molar refractivity (Wildman–Crippen MR) is 151 cm³/mol. The molecule has 12 heteroatoms. The first-order chi connectivity index (χ1) is 20.9. The van der Waals surface area contributed by atoms with Crippen molar-refractivity contribution in [3.8, 4) is 0 Å². The highest BCUT2D eigenvalue weighted by molar-refractivity contribution is 6.07. The maximum atomic E-state index is 13.9. The molecule has 3 saturated heterocycles. The Balaban J connectivity index is 1.18. The van der Waals surface area contributed by atoms with Crippen LogP contribution >= 0.6 is 0 Å². The first-order valence-corrected chi connectivity index (χ1v) is 14.3. The first kappa shape index (κ1) is 28.3. The third-order valence-electron chi connectivity index (χ3n) is 7.91. The summed E-state index contributed by atoms with van der Waals surface area (Å²) >= 11 is 0. The molecule has 3 aliphatic heterocycles. The van der Waals surface area contributed by atoms with E-state index in [0.717, 1.165) is 10.9 Å². The van der Waals surface area contributed by atoms with Gasteiger partial charge in [-0.05, 0) is 36.3 Å². The smallest absolute Gasteiger partial charge is 0.310 e. The zero-order valence-corrected chi connectivity index (χ0v) is 23.3. The Kier molecular flexibility index (Phi) is 8.01. The quantitative estimate of drug-likeness (QED) is 0.400. The van der Waals surface area contributed by atoms with E-state index in [-0.39, 0.29) is 44.0 Å². The molecule has 4 atom stereocenters. The number of pyridine rings is 1. The van der Waals surface area contributed by atoms with Crippen LogP contribution in [-0.2, 0) is 35.3 Å². The molecule has 0 bridgehead atoms. The van der Waals surface area contributed by atoms with E-state index in [1.807, 2.05) is 42.5 Å². The normalized spacial score (nSPS) is 23.9. The minimum atomic E-state index is -1.05. The molecule has 4 heterocycles. The number of esters is 1. The van der Waals surface area contributed by atoms with E-state index in [1.165, 1.54) is 16.2 Å². The Morgan fingerprint density at radius 2 is 1.77 bits per heavy atom. The summed E-state index contributed by atoms with van der Waals surface area (Å²) < 4.78 is 11.1. The van der Waals surface area contributed by atoms with Crippen molar-refractivity contribution in [2.24, 2.45) is 0 Å². The van der Waals surface area contributed by atoms with Gasteiger partial charge in [0.1, 0.15) is 23.8 Å². The maximum Gasteiger partial charge on any atom is 0.310 e. The lowest BCUT2D eigenvalue weighted by molar-refractivity contribution is -0.177. The number of hydrogen-bond donors (Lipinski definition) is 2. The minimum absolute atomic E-state index is 0.0187. The number of carbonyl (C=O) groups excluding carboxylic acids is 5. The Morgan fingerprint density at radius 3 is 2.60 bits per heavy atom. The molecule has 0 saturated carbocycles. The van der Waals surface area contributed by atoms with Crippen LogP contribution in [-0.4, -0.2) is 75.6 Å². The molecule has 0 spiro atoms. The number of benzene rings is 2. The first-order valence-electron chi connectivity index (χ1n) is 14.3. The second-order valence-electron chi connectivity index (χ2n) is 10.8. The molecular formula is C31H31N5O7. The summed E-state index contributed by atoms with van der Waals surface area (Å²) in [5, 5.41) is 9.51. The Labute approximate surface area is 247 Å². The van der Waals surface area contributed by atoms with Gasteiger partial charge < -0.3 is 20.1 Å². The standard InChI is InChI=1S/C31H31N5O7/c37-25-13-12-22(33-29(40)27-21-10-5-4-9-20(21)14-15-32-27)30(41)36-24(11-6-16-35(25)36)28(39)34-23-17-26(38)43-31(23)42-18-19-7-2-1-3-8-19/h1-5,7-10,14-15,22-24,31H,6,11-13,16-18H2,(H,33,40)(H,34,39)/t22-,23-,24-,31?/m0/s1. The monoisotopic (exact) mass is 585 g/mol. The van der Waals surface area contributed by atoms with E-state index < -0.39 is 48.1 Å². The van der Waals surface area contributed by atoms with E-state index in [4.69, 9.17) is 9.47 Å². The lowest BCUT2D eigenvalue weighted by Crippen LogP contribution is -2.64. The van der Waals surface area contributed by atoms with Crippen LogP contribution in [0.15, 0.2) is 66.9 Å². The molecule has 2 aromatic carbocycles. The van der Waals surface area contributed by atoms with Crippen LogP contribution < -0.4 is 10.6 Å². The summed E-state index contributed by atoms with van der Waals surface area (Å²) in [6.07, 6.45) is 1.32. The van der Waals surface area contributed by atoms with Crippen molar-refractivity contribution in [3.63, 3.8) is 0 Å². The molecule has 2 N–H and O–H groups in total. The summed E-state index contributed by atoms with van der Waals surface area (Å²) in [5.74, 6) is -2.47. The summed E-state index contributed by atoms with van der Waals surface area (Å²) in [6.45, 7) is 0.447. The van der Waals surface area contributed by atoms with E-state index in [1.54, 1.807) is 18.2 Å². The van der Waals surface area contributed by atoms with Crippen molar-refractivity contribution in [1.82, 2.24) is 25.6 Å². The molecule has 43 heavy (non-hydrogen) atoms. The van der Waals surface area contributed by atoms with E-state index >= 15 is 0 Å². The van der Waals surface area contributed by atoms with Crippen LogP contribution in [0.2, 0.25) is 0 Å². The highest BCUT2D eigenvalue weighted by atomic mass is 16.7. The zero-order valence-electron chi connectivity index (χ0n) is 23.3. The lowest BCUT2D eigenvalue weighted by atomic mass is 10.0. The molecule has 0 radical (unpaired) electrons. The number of nitrogens with zero attached hydrogens (tertiary/aromatic N) is 3. The average molecular weight is 586 g/mol. The van der Waals surface area contributed by atoms with Gasteiger partial charge in [-0.2, -0.15) is 0 Å². The van der Waals surface area contributed by atoms with Gasteiger partial charge in [0.2, 0.25) is 18.1 Å². The average Bonchev–Trinajstić information content (AvgIpc) is 3.33. The van der Waals surface area contributed by atoms with Gasteiger partial charge in [-0.1, -0.05) is 54.6 Å². The lowest BCUT2D eigenvalue weighted by Gasteiger charge is -2.43. The Hall–Kier alpha value is -4.84. The van der Waals surface area contributed by atoms with E-state index in [0.29, 0.717) is 18.2 Å². The second-order valence-corrected chi connectivity index (χ2v) is 10.8. The summed E-state index contributed by atoms with van der Waals surface area (Å²) in [7, 11) is 0. The number of nitrogens with one attached hydrogen (secondary N) is 2. The number of hydrazine groups is 1. The fraction of sp³-hybridized carbons (Fsp3) is 0.355. The van der Waals surface area contributed by atoms with Gasteiger partial charge in [0, 0.05) is 24.5 Å². The molecule has 1 aromatic heterocycles. The van der Waals surface area contributed by atoms with Crippen molar-refractivity contribution in [3.05, 3.63) is 78.1 Å². The Morgan fingerprint density at radius 1 is 0.977 bits per heavy atom. The zero-order chi connectivity index (χ0) is 29.9. The highest BCUT2D eigenvalue weighted by Gasteiger charge is 2.46. The maximum absolute atomic E-state index is 13.9. The number of carbonyl (C=O) groups is 5. The van der Waals surface area contributed by atoms with Gasteiger partial charge >= 0.3 is 5.97 Å². The van der Waals surface area contributed by atoms with Crippen LogP contribution in [0.4, 0.5) is 0 Å². The van der Waals surface area contributed by atoms with Crippen molar-refractivity contribution < 1.29 is 33.4 Å². The molecule has 4 amide bonds. The number of cyclic esters (lactones) is 1. The van der Waals surface area contributed by atoms with Crippen molar-refractivity contribution in [2.75, 3.05) is 6.54 Å². The molecule has 3 fully saturated rings. The molecule has 3 aromatic rings. The molecule has 3 aliphatic rings.